The summed E-state index contributed by atoms with van der Waals surface area (Å²) in [6.45, 7) is 1.90. The number of hydrazine groups is 1. The largest absolute Gasteiger partial charge is 0.462 e. The number of hydrogen-bond acceptors (Lipinski definition) is 6. The lowest BCUT2D eigenvalue weighted by atomic mass is 10.1. The molecule has 0 aliphatic carbocycles. The Labute approximate surface area is 207 Å². The zero-order valence-corrected chi connectivity index (χ0v) is 19.4. The molecule has 0 saturated carbocycles. The number of nitrogens with zero attached hydrogens (tertiary/aromatic N) is 2. The minimum absolute atomic E-state index is 0.214. The summed E-state index contributed by atoms with van der Waals surface area (Å²) in [7, 11) is 0. The maximum absolute atomic E-state index is 13.4. The number of amides is 4. The summed E-state index contributed by atoms with van der Waals surface area (Å²) in [4.78, 5) is 65.4. The molecule has 3 aromatic rings. The van der Waals surface area contributed by atoms with E-state index in [1.807, 2.05) is 0 Å². The Hall–Kier alpha value is -4.79. The lowest BCUT2D eigenvalue weighted by Gasteiger charge is -2.28. The molecule has 0 spiro atoms. The third-order valence-corrected chi connectivity index (χ3v) is 5.57. The van der Waals surface area contributed by atoms with Gasteiger partial charge in [-0.25, -0.2) is 14.7 Å². The summed E-state index contributed by atoms with van der Waals surface area (Å²) in [6, 6.07) is 20.9. The van der Waals surface area contributed by atoms with Gasteiger partial charge < -0.3 is 4.74 Å². The third kappa shape index (κ3) is 5.00. The first-order valence-electron chi connectivity index (χ1n) is 11.3. The van der Waals surface area contributed by atoms with Crippen LogP contribution in [0, 0.1) is 0 Å². The quantitative estimate of drug-likeness (QED) is 0.326. The van der Waals surface area contributed by atoms with Gasteiger partial charge in [0.2, 0.25) is 5.91 Å². The van der Waals surface area contributed by atoms with Crippen molar-refractivity contribution in [3.8, 4) is 0 Å². The molecule has 1 fully saturated rings. The predicted octanol–water partition coefficient (Wildman–Crippen LogP) is 2.98. The molecule has 3 aromatic carbocycles. The van der Waals surface area contributed by atoms with Gasteiger partial charge in [0.25, 0.3) is 17.7 Å². The molecule has 1 aliphatic rings. The molecule has 182 valence electrons. The standard InChI is InChI=1S/C27H23N3O6/c1-2-36-27(35)20-13-15-21(16-14-20)29-23(31)17-22(26(29)34)30(25(33)19-11-7-4-8-12-19)28-24(32)18-9-5-3-6-10-18/h3-16,22H,2,17H2,1H3,(H,28,32). The van der Waals surface area contributed by atoms with Gasteiger partial charge in [-0.3, -0.25) is 24.6 Å². The van der Waals surface area contributed by atoms with Crippen molar-refractivity contribution in [1.82, 2.24) is 10.4 Å². The first-order chi connectivity index (χ1) is 17.4. The van der Waals surface area contributed by atoms with Crippen LogP contribution >= 0.6 is 0 Å². The van der Waals surface area contributed by atoms with Crippen LogP contribution in [0.3, 0.4) is 0 Å². The molecule has 1 unspecified atom stereocenters. The molecule has 1 N–H and O–H groups in total. The maximum atomic E-state index is 13.4. The molecule has 1 aliphatic heterocycles. The van der Waals surface area contributed by atoms with Crippen molar-refractivity contribution < 1.29 is 28.7 Å². The maximum Gasteiger partial charge on any atom is 0.338 e. The Kier molecular flexibility index (Phi) is 7.20. The number of ether oxygens (including phenoxy) is 1. The Morgan fingerprint density at radius 3 is 2.03 bits per heavy atom. The molecule has 36 heavy (non-hydrogen) atoms. The summed E-state index contributed by atoms with van der Waals surface area (Å²) in [5, 5.41) is 0.915. The van der Waals surface area contributed by atoms with E-state index in [2.05, 4.69) is 5.43 Å². The van der Waals surface area contributed by atoms with Crippen molar-refractivity contribution in [1.29, 1.82) is 0 Å². The predicted molar refractivity (Wildman–Crippen MR) is 130 cm³/mol. The lowest BCUT2D eigenvalue weighted by Crippen LogP contribution is -2.54. The van der Waals surface area contributed by atoms with Crippen LogP contribution in [0.1, 0.15) is 44.4 Å². The van der Waals surface area contributed by atoms with E-state index in [4.69, 9.17) is 4.74 Å². The van der Waals surface area contributed by atoms with E-state index >= 15 is 0 Å². The van der Waals surface area contributed by atoms with Gasteiger partial charge in [0.1, 0.15) is 6.04 Å². The molecule has 0 aromatic heterocycles. The van der Waals surface area contributed by atoms with Crippen LogP contribution in [-0.2, 0) is 14.3 Å². The van der Waals surface area contributed by atoms with E-state index in [0.717, 1.165) is 9.91 Å². The number of benzene rings is 3. The fourth-order valence-electron chi connectivity index (χ4n) is 3.80. The van der Waals surface area contributed by atoms with E-state index < -0.39 is 35.6 Å². The Bertz CT molecular complexity index is 1290. The van der Waals surface area contributed by atoms with Crippen molar-refractivity contribution in [3.05, 3.63) is 102 Å². The van der Waals surface area contributed by atoms with Gasteiger partial charge in [0, 0.05) is 11.1 Å². The SMILES string of the molecule is CCOC(=O)c1ccc(N2C(=O)CC(N(NC(=O)c3ccccc3)C(=O)c3ccccc3)C2=O)cc1. The highest BCUT2D eigenvalue weighted by molar-refractivity contribution is 6.23. The Morgan fingerprint density at radius 1 is 0.861 bits per heavy atom. The Balaban J connectivity index is 1.62. The smallest absolute Gasteiger partial charge is 0.338 e. The number of carbonyl (C=O) groups is 5. The van der Waals surface area contributed by atoms with Crippen molar-refractivity contribution >= 4 is 35.3 Å². The fraction of sp³-hybridized carbons (Fsp3) is 0.148. The second-order valence-electron chi connectivity index (χ2n) is 7.90. The number of hydrogen-bond donors (Lipinski definition) is 1. The summed E-state index contributed by atoms with van der Waals surface area (Å²) in [5.41, 5.74) is 3.55. The van der Waals surface area contributed by atoms with Gasteiger partial charge in [-0.15, -0.1) is 0 Å². The molecule has 1 atom stereocenters. The molecule has 0 bridgehead atoms. The number of rotatable bonds is 6. The van der Waals surface area contributed by atoms with Crippen molar-refractivity contribution in [2.45, 2.75) is 19.4 Å². The van der Waals surface area contributed by atoms with Gasteiger partial charge in [-0.2, -0.15) is 0 Å². The van der Waals surface area contributed by atoms with E-state index in [9.17, 15) is 24.0 Å². The summed E-state index contributed by atoms with van der Waals surface area (Å²) >= 11 is 0. The van der Waals surface area contributed by atoms with Crippen LogP contribution in [0.5, 0.6) is 0 Å². The van der Waals surface area contributed by atoms with Gasteiger partial charge in [-0.1, -0.05) is 36.4 Å². The zero-order chi connectivity index (χ0) is 25.7. The normalized spacial score (nSPS) is 14.9. The second-order valence-corrected chi connectivity index (χ2v) is 7.90. The highest BCUT2D eigenvalue weighted by atomic mass is 16.5. The minimum Gasteiger partial charge on any atom is -0.462 e. The fourth-order valence-corrected chi connectivity index (χ4v) is 3.80. The highest BCUT2D eigenvalue weighted by Crippen LogP contribution is 2.26. The lowest BCUT2D eigenvalue weighted by molar-refractivity contribution is -0.122. The van der Waals surface area contributed by atoms with Crippen LogP contribution in [0.2, 0.25) is 0 Å². The number of esters is 1. The first-order valence-corrected chi connectivity index (χ1v) is 11.3. The second kappa shape index (κ2) is 10.6. The van der Waals surface area contributed by atoms with E-state index in [1.165, 1.54) is 24.3 Å². The molecular formula is C27H23N3O6. The summed E-state index contributed by atoms with van der Waals surface area (Å²) in [6.07, 6.45) is -0.327. The molecule has 1 heterocycles. The number of carbonyl (C=O) groups excluding carboxylic acids is 5. The van der Waals surface area contributed by atoms with Crippen molar-refractivity contribution in [2.24, 2.45) is 0 Å². The van der Waals surface area contributed by atoms with Crippen LogP contribution in [-0.4, -0.2) is 47.3 Å². The van der Waals surface area contributed by atoms with Crippen LogP contribution in [0.15, 0.2) is 84.9 Å². The molecule has 4 amide bonds. The van der Waals surface area contributed by atoms with E-state index in [0.29, 0.717) is 0 Å². The third-order valence-electron chi connectivity index (χ3n) is 5.57. The van der Waals surface area contributed by atoms with Crippen LogP contribution < -0.4 is 10.3 Å². The van der Waals surface area contributed by atoms with E-state index in [1.54, 1.807) is 67.6 Å². The van der Waals surface area contributed by atoms with Gasteiger partial charge in [0.05, 0.1) is 24.3 Å². The topological polar surface area (TPSA) is 113 Å². The molecule has 9 nitrogen and oxygen atoms in total. The average molecular weight is 485 g/mol. The number of imide groups is 1. The van der Waals surface area contributed by atoms with Crippen LogP contribution in [0.25, 0.3) is 0 Å². The van der Waals surface area contributed by atoms with Crippen LogP contribution in [0.4, 0.5) is 5.69 Å². The highest BCUT2D eigenvalue weighted by Gasteiger charge is 2.45. The van der Waals surface area contributed by atoms with Gasteiger partial charge in [-0.05, 0) is 55.5 Å². The van der Waals surface area contributed by atoms with Gasteiger partial charge >= 0.3 is 5.97 Å². The minimum atomic E-state index is -1.26. The average Bonchev–Trinajstić information content (AvgIpc) is 3.21. The monoisotopic (exact) mass is 485 g/mol. The molecule has 4 rings (SSSR count). The number of nitrogens with one attached hydrogen (secondary N) is 1. The molecule has 1 saturated heterocycles. The van der Waals surface area contributed by atoms with Crippen molar-refractivity contribution in [3.63, 3.8) is 0 Å². The molecule has 9 heteroatoms. The first kappa shape index (κ1) is 24.3. The number of anilines is 1. The zero-order valence-electron chi connectivity index (χ0n) is 19.4. The van der Waals surface area contributed by atoms with Gasteiger partial charge in [0.15, 0.2) is 0 Å². The summed E-state index contributed by atoms with van der Waals surface area (Å²) < 4.78 is 4.96. The Morgan fingerprint density at radius 2 is 1.44 bits per heavy atom. The van der Waals surface area contributed by atoms with E-state index in [-0.39, 0.29) is 35.4 Å². The molecule has 0 radical (unpaired) electrons. The van der Waals surface area contributed by atoms with Crippen molar-refractivity contribution in [2.75, 3.05) is 11.5 Å². The molecular weight excluding hydrogens is 462 g/mol. The summed E-state index contributed by atoms with van der Waals surface area (Å²) in [5.74, 6) is -2.98.